The summed E-state index contributed by atoms with van der Waals surface area (Å²) >= 11 is 0. The largest absolute Gasteiger partial charge is 0.495 e. The molecular formula is C24H24N2O3. The van der Waals surface area contributed by atoms with Crippen LogP contribution in [0, 0.1) is 6.92 Å². The molecule has 5 heteroatoms. The number of fused-ring (bicyclic) bond motifs is 3. The van der Waals surface area contributed by atoms with Crippen molar-refractivity contribution in [3.05, 3.63) is 71.8 Å². The van der Waals surface area contributed by atoms with E-state index in [0.29, 0.717) is 18.0 Å². The van der Waals surface area contributed by atoms with Crippen molar-refractivity contribution in [3.63, 3.8) is 0 Å². The summed E-state index contributed by atoms with van der Waals surface area (Å²) in [5, 5.41) is 4.95. The molecule has 1 N–H and O–H groups in total. The molecule has 29 heavy (non-hydrogen) atoms. The highest BCUT2D eigenvalue weighted by Crippen LogP contribution is 2.36. The van der Waals surface area contributed by atoms with Gasteiger partial charge in [0.25, 0.3) is 0 Å². The minimum Gasteiger partial charge on any atom is -0.495 e. The molecule has 0 fully saturated rings. The van der Waals surface area contributed by atoms with Crippen molar-refractivity contribution in [1.82, 2.24) is 4.90 Å². The number of amides is 1. The second-order valence-corrected chi connectivity index (χ2v) is 7.29. The van der Waals surface area contributed by atoms with Gasteiger partial charge < -0.3 is 14.5 Å². The minimum atomic E-state index is -0.102. The zero-order valence-electron chi connectivity index (χ0n) is 16.9. The zero-order chi connectivity index (χ0) is 20.4. The molecule has 148 valence electrons. The lowest BCUT2D eigenvalue weighted by Crippen LogP contribution is -2.30. The lowest BCUT2D eigenvalue weighted by atomic mass is 10.1. The molecule has 0 saturated carbocycles. The molecule has 5 nitrogen and oxygen atoms in total. The average molecular weight is 388 g/mol. The van der Waals surface area contributed by atoms with Gasteiger partial charge in [-0.2, -0.15) is 0 Å². The Labute approximate surface area is 169 Å². The highest BCUT2D eigenvalue weighted by atomic mass is 16.5. The number of carbonyl (C=O) groups is 1. The maximum absolute atomic E-state index is 12.6. The lowest BCUT2D eigenvalue weighted by molar-refractivity contribution is -0.117. The first kappa shape index (κ1) is 19.0. The van der Waals surface area contributed by atoms with Crippen LogP contribution in [0.5, 0.6) is 5.75 Å². The number of likely N-dealkylation sites (N-methyl/N-ethyl adjacent to an activating group) is 1. The molecule has 4 rings (SSSR count). The van der Waals surface area contributed by atoms with Crippen molar-refractivity contribution in [2.24, 2.45) is 0 Å². The second-order valence-electron chi connectivity index (χ2n) is 7.29. The van der Waals surface area contributed by atoms with Crippen LogP contribution in [-0.4, -0.2) is 31.5 Å². The number of para-hydroxylation sites is 1. The molecule has 0 aliphatic rings. The van der Waals surface area contributed by atoms with E-state index in [1.807, 2.05) is 60.5 Å². The van der Waals surface area contributed by atoms with E-state index in [-0.39, 0.29) is 12.5 Å². The number of hydrogen-bond donors (Lipinski definition) is 1. The number of methoxy groups -OCH3 is 1. The monoisotopic (exact) mass is 388 g/mol. The molecule has 3 aromatic carbocycles. The number of anilines is 1. The van der Waals surface area contributed by atoms with E-state index >= 15 is 0 Å². The molecule has 1 amide bonds. The molecule has 0 unspecified atom stereocenters. The van der Waals surface area contributed by atoms with E-state index in [1.54, 1.807) is 7.11 Å². The van der Waals surface area contributed by atoms with Crippen LogP contribution in [0.1, 0.15) is 11.1 Å². The number of benzene rings is 3. The Morgan fingerprint density at radius 3 is 2.59 bits per heavy atom. The van der Waals surface area contributed by atoms with Crippen molar-refractivity contribution in [1.29, 1.82) is 0 Å². The van der Waals surface area contributed by atoms with E-state index in [4.69, 9.17) is 9.15 Å². The first-order valence-corrected chi connectivity index (χ1v) is 9.57. The summed E-state index contributed by atoms with van der Waals surface area (Å²) in [6.45, 7) is 3.06. The fraction of sp³-hybridized carbons (Fsp3) is 0.208. The van der Waals surface area contributed by atoms with Gasteiger partial charge >= 0.3 is 0 Å². The van der Waals surface area contributed by atoms with E-state index in [9.17, 15) is 4.79 Å². The Hall–Kier alpha value is -3.31. The molecule has 4 aromatic rings. The third-order valence-electron chi connectivity index (χ3n) is 5.09. The van der Waals surface area contributed by atoms with Crippen LogP contribution in [-0.2, 0) is 11.3 Å². The number of nitrogens with zero attached hydrogens (tertiary/aromatic N) is 1. The number of carbonyl (C=O) groups excluding carboxylic acids is 1. The summed E-state index contributed by atoms with van der Waals surface area (Å²) in [6.07, 6.45) is 0. The number of hydrogen-bond acceptors (Lipinski definition) is 4. The standard InChI is InChI=1S/C24H24N2O3/c1-16-8-4-5-9-17(16)14-26(2)15-24(27)25-20-13-22-19(12-23(20)28-3)18-10-6-7-11-21(18)29-22/h4-13H,14-15H2,1-3H3,(H,25,27). The molecule has 1 heterocycles. The molecule has 0 radical (unpaired) electrons. The van der Waals surface area contributed by atoms with Gasteiger partial charge in [0.05, 0.1) is 19.3 Å². The minimum absolute atomic E-state index is 0.102. The first-order valence-electron chi connectivity index (χ1n) is 9.57. The topological polar surface area (TPSA) is 54.7 Å². The molecule has 0 aliphatic carbocycles. The van der Waals surface area contributed by atoms with Crippen LogP contribution >= 0.6 is 0 Å². The van der Waals surface area contributed by atoms with Gasteiger partial charge in [0.1, 0.15) is 16.9 Å². The fourth-order valence-electron chi connectivity index (χ4n) is 3.59. The maximum Gasteiger partial charge on any atom is 0.238 e. The number of nitrogens with one attached hydrogen (secondary N) is 1. The molecule has 1 aromatic heterocycles. The quantitative estimate of drug-likeness (QED) is 0.506. The molecule has 0 aliphatic heterocycles. The number of aryl methyl sites for hydroxylation is 1. The van der Waals surface area contributed by atoms with Gasteiger partial charge in [-0.05, 0) is 37.2 Å². The van der Waals surface area contributed by atoms with Gasteiger partial charge in [-0.3, -0.25) is 9.69 Å². The summed E-state index contributed by atoms with van der Waals surface area (Å²) < 4.78 is 11.4. The molecule has 0 atom stereocenters. The second kappa shape index (κ2) is 7.97. The number of rotatable bonds is 6. The van der Waals surface area contributed by atoms with Gasteiger partial charge in [0, 0.05) is 23.4 Å². The third kappa shape index (κ3) is 3.96. The van der Waals surface area contributed by atoms with Crippen molar-refractivity contribution in [3.8, 4) is 5.75 Å². The van der Waals surface area contributed by atoms with Gasteiger partial charge in [0.2, 0.25) is 5.91 Å². The summed E-state index contributed by atoms with van der Waals surface area (Å²) in [7, 11) is 3.54. The van der Waals surface area contributed by atoms with Crippen molar-refractivity contribution >= 4 is 33.5 Å². The normalized spacial score (nSPS) is 11.3. The lowest BCUT2D eigenvalue weighted by Gasteiger charge is -2.18. The summed E-state index contributed by atoms with van der Waals surface area (Å²) in [5.41, 5.74) is 4.57. The Balaban J connectivity index is 1.52. The van der Waals surface area contributed by atoms with Gasteiger partial charge in [0.15, 0.2) is 0 Å². The molecule has 0 bridgehead atoms. The number of ether oxygens (including phenoxy) is 1. The first-order chi connectivity index (χ1) is 14.0. The van der Waals surface area contributed by atoms with E-state index < -0.39 is 0 Å². The van der Waals surface area contributed by atoms with Gasteiger partial charge in [-0.1, -0.05) is 42.5 Å². The van der Waals surface area contributed by atoms with E-state index in [1.165, 1.54) is 11.1 Å². The Kier molecular flexibility index (Phi) is 5.23. The summed E-state index contributed by atoms with van der Waals surface area (Å²) in [5.74, 6) is 0.508. The predicted molar refractivity (Wildman–Crippen MR) is 116 cm³/mol. The number of furan rings is 1. The van der Waals surface area contributed by atoms with Crippen molar-refractivity contribution < 1.29 is 13.9 Å². The van der Waals surface area contributed by atoms with Crippen LogP contribution in [0.15, 0.2) is 65.1 Å². The van der Waals surface area contributed by atoms with Gasteiger partial charge in [-0.15, -0.1) is 0 Å². The Morgan fingerprint density at radius 2 is 1.79 bits per heavy atom. The molecule has 0 spiro atoms. The highest BCUT2D eigenvalue weighted by molar-refractivity contribution is 6.07. The molecule has 0 saturated heterocycles. The van der Waals surface area contributed by atoms with Crippen LogP contribution in [0.4, 0.5) is 5.69 Å². The fourth-order valence-corrected chi connectivity index (χ4v) is 3.59. The Morgan fingerprint density at radius 1 is 1.03 bits per heavy atom. The average Bonchev–Trinajstić information content (AvgIpc) is 3.06. The van der Waals surface area contributed by atoms with Crippen molar-refractivity contribution in [2.45, 2.75) is 13.5 Å². The van der Waals surface area contributed by atoms with Crippen LogP contribution in [0.3, 0.4) is 0 Å². The van der Waals surface area contributed by atoms with Crippen LogP contribution in [0.2, 0.25) is 0 Å². The summed E-state index contributed by atoms with van der Waals surface area (Å²) in [6, 6.07) is 19.8. The van der Waals surface area contributed by atoms with Crippen molar-refractivity contribution in [2.75, 3.05) is 26.0 Å². The maximum atomic E-state index is 12.6. The smallest absolute Gasteiger partial charge is 0.238 e. The summed E-state index contributed by atoms with van der Waals surface area (Å²) in [4.78, 5) is 14.6. The van der Waals surface area contributed by atoms with Crippen LogP contribution < -0.4 is 10.1 Å². The third-order valence-corrected chi connectivity index (χ3v) is 5.09. The SMILES string of the molecule is COc1cc2c(cc1NC(=O)CN(C)Cc1ccccc1C)oc1ccccc12. The zero-order valence-corrected chi connectivity index (χ0v) is 16.9. The van der Waals surface area contributed by atoms with E-state index in [2.05, 4.69) is 24.4 Å². The highest BCUT2D eigenvalue weighted by Gasteiger charge is 2.15. The van der Waals surface area contributed by atoms with Gasteiger partial charge in [-0.25, -0.2) is 0 Å². The Bertz CT molecular complexity index is 1180. The molecular weight excluding hydrogens is 364 g/mol. The van der Waals surface area contributed by atoms with Crippen LogP contribution in [0.25, 0.3) is 21.9 Å². The predicted octanol–water partition coefficient (Wildman–Crippen LogP) is 4.97. The van der Waals surface area contributed by atoms with E-state index in [0.717, 1.165) is 21.9 Å².